The summed E-state index contributed by atoms with van der Waals surface area (Å²) in [5, 5.41) is 15.3. The summed E-state index contributed by atoms with van der Waals surface area (Å²) < 4.78 is 12.6. The average Bonchev–Trinajstić information content (AvgIpc) is 3.36. The van der Waals surface area contributed by atoms with Gasteiger partial charge in [-0.1, -0.05) is 16.8 Å². The predicted molar refractivity (Wildman–Crippen MR) is 126 cm³/mol. The van der Waals surface area contributed by atoms with Crippen molar-refractivity contribution in [3.63, 3.8) is 0 Å². The highest BCUT2D eigenvalue weighted by molar-refractivity contribution is 6.30. The quantitative estimate of drug-likeness (QED) is 0.446. The number of fused-ring (bicyclic) bond motifs is 3. The van der Waals surface area contributed by atoms with Crippen molar-refractivity contribution in [3.05, 3.63) is 52.1 Å². The lowest BCUT2D eigenvalue weighted by Crippen LogP contribution is -2.31. The van der Waals surface area contributed by atoms with Crippen molar-refractivity contribution >= 4 is 17.8 Å². The summed E-state index contributed by atoms with van der Waals surface area (Å²) in [6.45, 7) is 7.82. The Labute approximate surface area is 208 Å². The lowest BCUT2D eigenvalue weighted by molar-refractivity contribution is -0.155. The zero-order valence-electron chi connectivity index (χ0n) is 20.3. The van der Waals surface area contributed by atoms with E-state index in [1.165, 1.54) is 5.06 Å². The van der Waals surface area contributed by atoms with Gasteiger partial charge in [-0.25, -0.2) is 4.79 Å². The molecule has 10 nitrogen and oxygen atoms in total. The number of aryl methyl sites for hydroxylation is 1. The Kier molecular flexibility index (Phi) is 6.27. The van der Waals surface area contributed by atoms with Crippen molar-refractivity contribution in [2.45, 2.75) is 83.9 Å². The van der Waals surface area contributed by atoms with Crippen LogP contribution < -0.4 is 0 Å². The minimum Gasteiger partial charge on any atom is -0.427 e. The standard InChI is InChI=1S/C24H29ClN6O4/c1-14-26-21(29-34-14)15-5-7-16(8-6-15)22-28-27-20-13-30(35-23(32)33-24(2,3)4)12-17-11-18(25)9-10-19(17)31(20)22/h9-11,15-16H,5-8,12-13H2,1-4H3/t15-,16+. The molecule has 186 valence electrons. The number of aromatic nitrogens is 5. The van der Waals surface area contributed by atoms with Gasteiger partial charge in [0, 0.05) is 23.8 Å². The Bertz CT molecular complexity index is 1230. The van der Waals surface area contributed by atoms with Crippen LogP contribution in [0.3, 0.4) is 0 Å². The van der Waals surface area contributed by atoms with E-state index < -0.39 is 11.8 Å². The number of benzene rings is 1. The Morgan fingerprint density at radius 1 is 1.11 bits per heavy atom. The summed E-state index contributed by atoms with van der Waals surface area (Å²) >= 11 is 6.33. The fourth-order valence-electron chi connectivity index (χ4n) is 4.79. The van der Waals surface area contributed by atoms with Gasteiger partial charge in [0.1, 0.15) is 11.4 Å². The smallest absolute Gasteiger partial charge is 0.427 e. The molecule has 1 aliphatic heterocycles. The molecule has 0 radical (unpaired) electrons. The number of nitrogens with zero attached hydrogens (tertiary/aromatic N) is 6. The highest BCUT2D eigenvalue weighted by Crippen LogP contribution is 2.40. The number of rotatable bonds is 3. The molecule has 1 saturated carbocycles. The van der Waals surface area contributed by atoms with E-state index in [1.807, 2.05) is 25.1 Å². The van der Waals surface area contributed by atoms with Crippen molar-refractivity contribution in [1.82, 2.24) is 30.0 Å². The average molecular weight is 501 g/mol. The summed E-state index contributed by atoms with van der Waals surface area (Å²) in [4.78, 5) is 22.3. The van der Waals surface area contributed by atoms with E-state index in [0.29, 0.717) is 29.2 Å². The Balaban J connectivity index is 1.40. The topological polar surface area (TPSA) is 108 Å². The van der Waals surface area contributed by atoms with E-state index in [4.69, 9.17) is 25.7 Å². The highest BCUT2D eigenvalue weighted by atomic mass is 35.5. The summed E-state index contributed by atoms with van der Waals surface area (Å²) in [5.74, 6) is 3.52. The molecule has 35 heavy (non-hydrogen) atoms. The zero-order valence-corrected chi connectivity index (χ0v) is 21.1. The molecule has 11 heteroatoms. The second kappa shape index (κ2) is 9.23. The molecule has 5 rings (SSSR count). The monoisotopic (exact) mass is 500 g/mol. The molecular formula is C24H29ClN6O4. The number of halogens is 1. The van der Waals surface area contributed by atoms with Crippen molar-refractivity contribution in [1.29, 1.82) is 0 Å². The van der Waals surface area contributed by atoms with Crippen LogP contribution in [-0.4, -0.2) is 41.7 Å². The van der Waals surface area contributed by atoms with E-state index in [0.717, 1.165) is 48.6 Å². The van der Waals surface area contributed by atoms with Crippen molar-refractivity contribution in [2.24, 2.45) is 0 Å². The van der Waals surface area contributed by atoms with Crippen LogP contribution in [0.25, 0.3) is 5.69 Å². The maximum atomic E-state index is 12.4. The number of hydrogen-bond donors (Lipinski definition) is 0. The minimum absolute atomic E-state index is 0.238. The van der Waals surface area contributed by atoms with Gasteiger partial charge in [-0.15, -0.1) is 15.3 Å². The Morgan fingerprint density at radius 2 is 1.86 bits per heavy atom. The van der Waals surface area contributed by atoms with Crippen molar-refractivity contribution < 1.29 is 18.9 Å². The van der Waals surface area contributed by atoms with Gasteiger partial charge in [-0.2, -0.15) is 4.98 Å². The predicted octanol–water partition coefficient (Wildman–Crippen LogP) is 5.24. The van der Waals surface area contributed by atoms with Crippen LogP contribution in [0.2, 0.25) is 5.02 Å². The van der Waals surface area contributed by atoms with Gasteiger partial charge in [0.2, 0.25) is 5.89 Å². The molecule has 2 aromatic heterocycles. The van der Waals surface area contributed by atoms with Crippen LogP contribution in [0.15, 0.2) is 22.7 Å². The Morgan fingerprint density at radius 3 is 2.54 bits per heavy atom. The summed E-state index contributed by atoms with van der Waals surface area (Å²) in [7, 11) is 0. The lowest BCUT2D eigenvalue weighted by atomic mass is 9.81. The SMILES string of the molecule is Cc1nc([C@H]2CC[C@@H](c3nnc4n3-c3ccc(Cl)cc3CN(OC(=O)OC(C)(C)C)C4)CC2)no1. The number of carbonyl (C=O) groups excluding carboxylic acids is 1. The normalized spacial score (nSPS) is 20.6. The molecule has 0 spiro atoms. The van der Waals surface area contributed by atoms with Gasteiger partial charge in [-0.05, 0) is 70.2 Å². The van der Waals surface area contributed by atoms with E-state index in [1.54, 1.807) is 20.8 Å². The molecule has 3 aromatic rings. The first kappa shape index (κ1) is 23.7. The van der Waals surface area contributed by atoms with Crippen molar-refractivity contribution in [3.8, 4) is 5.69 Å². The van der Waals surface area contributed by atoms with E-state index >= 15 is 0 Å². The molecule has 0 atom stereocenters. The molecule has 1 fully saturated rings. The second-order valence-corrected chi connectivity index (χ2v) is 10.6. The Hall–Kier alpha value is -2.98. The van der Waals surface area contributed by atoms with Gasteiger partial charge in [0.15, 0.2) is 11.6 Å². The third-order valence-electron chi connectivity index (χ3n) is 6.30. The maximum absolute atomic E-state index is 12.4. The molecule has 0 saturated heterocycles. The molecule has 2 aliphatic rings. The molecule has 0 unspecified atom stereocenters. The van der Waals surface area contributed by atoms with Gasteiger partial charge in [0.05, 0.1) is 18.8 Å². The minimum atomic E-state index is -0.760. The fraction of sp³-hybridized carbons (Fsp3) is 0.542. The summed E-state index contributed by atoms with van der Waals surface area (Å²) in [5.41, 5.74) is 1.20. The molecule has 0 bridgehead atoms. The lowest BCUT2D eigenvalue weighted by Gasteiger charge is -2.26. The third kappa shape index (κ3) is 5.18. The largest absolute Gasteiger partial charge is 0.528 e. The van der Waals surface area contributed by atoms with Crippen LogP contribution in [-0.2, 0) is 22.7 Å². The fourth-order valence-corrected chi connectivity index (χ4v) is 4.99. The molecular weight excluding hydrogens is 472 g/mol. The van der Waals surface area contributed by atoms with Crippen LogP contribution in [0.1, 0.15) is 87.2 Å². The van der Waals surface area contributed by atoms with Crippen LogP contribution in [0.5, 0.6) is 0 Å². The van der Waals surface area contributed by atoms with E-state index in [-0.39, 0.29) is 12.5 Å². The highest BCUT2D eigenvalue weighted by Gasteiger charge is 2.33. The van der Waals surface area contributed by atoms with E-state index in [9.17, 15) is 4.79 Å². The number of ether oxygens (including phenoxy) is 1. The first-order chi connectivity index (χ1) is 16.7. The number of carbonyl (C=O) groups is 1. The summed E-state index contributed by atoms with van der Waals surface area (Å²) in [6.07, 6.45) is 3.03. The number of hydrogen-bond acceptors (Lipinski definition) is 9. The summed E-state index contributed by atoms with van der Waals surface area (Å²) in [6, 6.07) is 5.71. The first-order valence-corrected chi connectivity index (χ1v) is 12.2. The first-order valence-electron chi connectivity index (χ1n) is 11.9. The molecule has 1 aliphatic carbocycles. The third-order valence-corrected chi connectivity index (χ3v) is 6.53. The maximum Gasteiger partial charge on any atom is 0.528 e. The van der Waals surface area contributed by atoms with Gasteiger partial charge in [0.25, 0.3) is 0 Å². The van der Waals surface area contributed by atoms with Crippen LogP contribution >= 0.6 is 11.6 Å². The molecule has 1 aromatic carbocycles. The number of hydroxylamine groups is 2. The van der Waals surface area contributed by atoms with Gasteiger partial charge in [-0.3, -0.25) is 4.57 Å². The van der Waals surface area contributed by atoms with Gasteiger partial charge < -0.3 is 14.1 Å². The molecule has 3 heterocycles. The van der Waals surface area contributed by atoms with E-state index in [2.05, 4.69) is 24.9 Å². The van der Waals surface area contributed by atoms with Gasteiger partial charge >= 0.3 is 6.16 Å². The van der Waals surface area contributed by atoms with Crippen LogP contribution in [0.4, 0.5) is 4.79 Å². The van der Waals surface area contributed by atoms with Crippen molar-refractivity contribution in [2.75, 3.05) is 0 Å². The van der Waals surface area contributed by atoms with Crippen LogP contribution in [0, 0.1) is 6.92 Å². The molecule has 0 N–H and O–H groups in total. The second-order valence-electron chi connectivity index (χ2n) is 10.2. The zero-order chi connectivity index (χ0) is 24.7. The molecule has 0 amide bonds.